The lowest BCUT2D eigenvalue weighted by Crippen LogP contribution is -1.96. The van der Waals surface area contributed by atoms with E-state index in [2.05, 4.69) is 15.9 Å². The lowest BCUT2D eigenvalue weighted by molar-refractivity contribution is 0.577. The topological polar surface area (TPSA) is 0 Å². The minimum atomic E-state index is -0.516. The maximum absolute atomic E-state index is 12.7. The Kier molecular flexibility index (Phi) is 3.20. The maximum atomic E-state index is 12.7. The van der Waals surface area contributed by atoms with Gasteiger partial charge < -0.3 is 0 Å². The van der Waals surface area contributed by atoms with Crippen LogP contribution in [0.1, 0.15) is 18.4 Å². The molecule has 0 fully saturated rings. The largest absolute Gasteiger partial charge is 0.207 e. The highest BCUT2D eigenvalue weighted by Crippen LogP contribution is 2.19. The van der Waals surface area contributed by atoms with Crippen LogP contribution in [0.3, 0.4) is 0 Å². The summed E-state index contributed by atoms with van der Waals surface area (Å²) in [6.07, 6.45) is 0. The fourth-order valence-corrected chi connectivity index (χ4v) is 1.32. The van der Waals surface area contributed by atoms with Crippen molar-refractivity contribution in [3.05, 3.63) is 35.4 Å². The minimum absolute atomic E-state index is 0.134. The molecule has 0 aliphatic carbocycles. The second kappa shape index (κ2) is 3.99. The van der Waals surface area contributed by atoms with Crippen LogP contribution in [0.15, 0.2) is 18.2 Å². The zero-order chi connectivity index (χ0) is 9.14. The molecule has 1 aromatic rings. The summed E-state index contributed by atoms with van der Waals surface area (Å²) in [5, 5.41) is 0.704. The summed E-state index contributed by atoms with van der Waals surface area (Å²) in [5.41, 5.74) is 0.685. The monoisotopic (exact) mass is 234 g/mol. The molecule has 0 heterocycles. The fourth-order valence-electron chi connectivity index (χ4n) is 0.949. The third kappa shape index (κ3) is 2.27. The van der Waals surface area contributed by atoms with E-state index in [1.807, 2.05) is 6.92 Å². The van der Waals surface area contributed by atoms with Crippen LogP contribution < -0.4 is 0 Å². The van der Waals surface area contributed by atoms with E-state index in [0.717, 1.165) is 6.07 Å². The Morgan fingerprint density at radius 1 is 1.25 bits per heavy atom. The van der Waals surface area contributed by atoms with Gasteiger partial charge in [0.25, 0.3) is 0 Å². The molecule has 1 aromatic carbocycles. The SMILES string of the molecule is CC(CBr)c1cc(F)cc(F)c1. The van der Waals surface area contributed by atoms with Crippen molar-refractivity contribution in [3.8, 4) is 0 Å². The van der Waals surface area contributed by atoms with E-state index < -0.39 is 11.6 Å². The van der Waals surface area contributed by atoms with Crippen molar-refractivity contribution < 1.29 is 8.78 Å². The van der Waals surface area contributed by atoms with Gasteiger partial charge in [-0.25, -0.2) is 8.78 Å². The molecule has 0 nitrogen and oxygen atoms in total. The highest BCUT2D eigenvalue weighted by molar-refractivity contribution is 9.09. The van der Waals surface area contributed by atoms with Gasteiger partial charge >= 0.3 is 0 Å². The molecule has 0 spiro atoms. The molecule has 1 atom stereocenters. The third-order valence-electron chi connectivity index (χ3n) is 1.69. The summed E-state index contributed by atoms with van der Waals surface area (Å²) < 4.78 is 25.3. The first-order valence-corrected chi connectivity index (χ1v) is 4.77. The van der Waals surface area contributed by atoms with Gasteiger partial charge in [-0.2, -0.15) is 0 Å². The van der Waals surface area contributed by atoms with Crippen molar-refractivity contribution in [3.63, 3.8) is 0 Å². The first-order valence-electron chi connectivity index (χ1n) is 3.65. The third-order valence-corrected chi connectivity index (χ3v) is 2.66. The van der Waals surface area contributed by atoms with Crippen molar-refractivity contribution in [2.45, 2.75) is 12.8 Å². The Morgan fingerprint density at radius 3 is 2.17 bits per heavy atom. The molecule has 0 aliphatic rings. The zero-order valence-electron chi connectivity index (χ0n) is 6.65. The average Bonchev–Trinajstić information content (AvgIpc) is 2.01. The van der Waals surface area contributed by atoms with Gasteiger partial charge in [0, 0.05) is 11.4 Å². The standard InChI is InChI=1S/C9H9BrF2/c1-6(5-10)7-2-8(11)4-9(12)3-7/h2-4,6H,5H2,1H3. The molecule has 0 amide bonds. The summed E-state index contributed by atoms with van der Waals surface area (Å²) in [4.78, 5) is 0. The number of halogens is 3. The van der Waals surface area contributed by atoms with Gasteiger partial charge in [0.05, 0.1) is 0 Å². The van der Waals surface area contributed by atoms with E-state index in [4.69, 9.17) is 0 Å². The van der Waals surface area contributed by atoms with Crippen molar-refractivity contribution in [2.24, 2.45) is 0 Å². The lowest BCUT2D eigenvalue weighted by Gasteiger charge is -2.07. The Balaban J connectivity index is 3.00. The molecule has 3 heteroatoms. The Morgan fingerprint density at radius 2 is 1.75 bits per heavy atom. The molecule has 0 saturated heterocycles. The molecule has 0 bridgehead atoms. The van der Waals surface area contributed by atoms with E-state index in [1.54, 1.807) is 0 Å². The van der Waals surface area contributed by atoms with E-state index in [9.17, 15) is 8.78 Å². The Labute approximate surface area is 78.7 Å². The molecule has 0 aromatic heterocycles. The molecule has 1 rings (SSSR count). The maximum Gasteiger partial charge on any atom is 0.126 e. The van der Waals surface area contributed by atoms with Crippen LogP contribution in [0.4, 0.5) is 8.78 Å². The zero-order valence-corrected chi connectivity index (χ0v) is 8.24. The average molecular weight is 235 g/mol. The van der Waals surface area contributed by atoms with Crippen LogP contribution in [0.2, 0.25) is 0 Å². The number of hydrogen-bond acceptors (Lipinski definition) is 0. The highest BCUT2D eigenvalue weighted by atomic mass is 79.9. The van der Waals surface area contributed by atoms with Crippen LogP contribution in [0.5, 0.6) is 0 Å². The molecule has 0 radical (unpaired) electrons. The smallest absolute Gasteiger partial charge is 0.126 e. The quantitative estimate of drug-likeness (QED) is 0.688. The van der Waals surface area contributed by atoms with Gasteiger partial charge in [-0.05, 0) is 23.6 Å². The summed E-state index contributed by atoms with van der Waals surface area (Å²) in [7, 11) is 0. The van der Waals surface area contributed by atoms with Crippen molar-refractivity contribution in [1.29, 1.82) is 0 Å². The molecule has 0 aliphatic heterocycles. The number of hydrogen-bond donors (Lipinski definition) is 0. The fraction of sp³-hybridized carbons (Fsp3) is 0.333. The van der Waals surface area contributed by atoms with Crippen LogP contribution >= 0.6 is 15.9 Å². The minimum Gasteiger partial charge on any atom is -0.207 e. The molecule has 0 saturated carbocycles. The van der Waals surface area contributed by atoms with Crippen LogP contribution in [-0.4, -0.2) is 5.33 Å². The highest BCUT2D eigenvalue weighted by Gasteiger charge is 2.06. The van der Waals surface area contributed by atoms with E-state index in [1.165, 1.54) is 12.1 Å². The summed E-state index contributed by atoms with van der Waals surface area (Å²) in [5.74, 6) is -0.897. The van der Waals surface area contributed by atoms with E-state index >= 15 is 0 Å². The number of benzene rings is 1. The summed E-state index contributed by atoms with van der Waals surface area (Å²) >= 11 is 3.26. The van der Waals surface area contributed by atoms with Gasteiger partial charge in [-0.3, -0.25) is 0 Å². The van der Waals surface area contributed by atoms with Crippen molar-refractivity contribution >= 4 is 15.9 Å². The number of rotatable bonds is 2. The Hall–Kier alpha value is -0.440. The second-order valence-corrected chi connectivity index (χ2v) is 3.41. The predicted molar refractivity (Wildman–Crippen MR) is 48.6 cm³/mol. The van der Waals surface area contributed by atoms with Crippen LogP contribution in [-0.2, 0) is 0 Å². The first kappa shape index (κ1) is 9.65. The van der Waals surface area contributed by atoms with Crippen molar-refractivity contribution in [1.82, 2.24) is 0 Å². The normalized spacial score (nSPS) is 13.0. The van der Waals surface area contributed by atoms with Gasteiger partial charge in [0.1, 0.15) is 11.6 Å². The predicted octanol–water partition coefficient (Wildman–Crippen LogP) is 3.46. The summed E-state index contributed by atoms with van der Waals surface area (Å²) in [6, 6.07) is 3.59. The van der Waals surface area contributed by atoms with Crippen molar-refractivity contribution in [2.75, 3.05) is 5.33 Å². The summed E-state index contributed by atoms with van der Waals surface area (Å²) in [6.45, 7) is 1.91. The van der Waals surface area contributed by atoms with Crippen LogP contribution in [0, 0.1) is 11.6 Å². The van der Waals surface area contributed by atoms with Gasteiger partial charge in [0.15, 0.2) is 0 Å². The van der Waals surface area contributed by atoms with Gasteiger partial charge in [-0.15, -0.1) is 0 Å². The second-order valence-electron chi connectivity index (χ2n) is 2.76. The van der Waals surface area contributed by atoms with Gasteiger partial charge in [0.2, 0.25) is 0 Å². The Bertz CT molecular complexity index is 253. The first-order chi connectivity index (χ1) is 5.63. The van der Waals surface area contributed by atoms with Gasteiger partial charge in [-0.1, -0.05) is 22.9 Å². The van der Waals surface area contributed by atoms with E-state index in [0.29, 0.717) is 10.9 Å². The molecule has 0 N–H and O–H groups in total. The molecule has 12 heavy (non-hydrogen) atoms. The molecular formula is C9H9BrF2. The molecular weight excluding hydrogens is 226 g/mol. The molecule has 1 unspecified atom stereocenters. The molecule has 66 valence electrons. The van der Waals surface area contributed by atoms with Crippen LogP contribution in [0.25, 0.3) is 0 Å². The lowest BCUT2D eigenvalue weighted by atomic mass is 10.0. The van der Waals surface area contributed by atoms with E-state index in [-0.39, 0.29) is 5.92 Å². The number of alkyl halides is 1.